The standard InChI is InChI=1S/C15H13BrO3/c1-18-10-11-3-2-4-13(7-11)19-14-6-5-12(9-17)15(16)8-14/h2-9H,10H2,1H3. The summed E-state index contributed by atoms with van der Waals surface area (Å²) in [6.07, 6.45) is 0.799. The highest BCUT2D eigenvalue weighted by molar-refractivity contribution is 9.10. The van der Waals surface area contributed by atoms with Crippen molar-refractivity contribution in [3.63, 3.8) is 0 Å². The fraction of sp³-hybridized carbons (Fsp3) is 0.133. The van der Waals surface area contributed by atoms with Gasteiger partial charge in [-0.3, -0.25) is 4.79 Å². The molecule has 2 aromatic rings. The Morgan fingerprint density at radius 3 is 2.63 bits per heavy atom. The van der Waals surface area contributed by atoms with E-state index in [9.17, 15) is 4.79 Å². The molecule has 0 aromatic heterocycles. The van der Waals surface area contributed by atoms with E-state index in [0.29, 0.717) is 22.4 Å². The van der Waals surface area contributed by atoms with Gasteiger partial charge in [-0.1, -0.05) is 12.1 Å². The number of methoxy groups -OCH3 is 1. The minimum absolute atomic E-state index is 0.547. The molecule has 0 radical (unpaired) electrons. The zero-order chi connectivity index (χ0) is 13.7. The lowest BCUT2D eigenvalue weighted by molar-refractivity contribution is 0.112. The summed E-state index contributed by atoms with van der Waals surface area (Å²) in [6, 6.07) is 12.9. The van der Waals surface area contributed by atoms with Crippen LogP contribution in [0, 0.1) is 0 Å². The molecule has 0 aliphatic heterocycles. The van der Waals surface area contributed by atoms with Crippen LogP contribution in [0.4, 0.5) is 0 Å². The molecule has 0 saturated carbocycles. The fourth-order valence-corrected chi connectivity index (χ4v) is 2.12. The Balaban J connectivity index is 2.18. The maximum absolute atomic E-state index is 10.7. The second kappa shape index (κ2) is 6.50. The van der Waals surface area contributed by atoms with Gasteiger partial charge in [0.1, 0.15) is 11.5 Å². The number of hydrogen-bond acceptors (Lipinski definition) is 3. The Labute approximate surface area is 120 Å². The van der Waals surface area contributed by atoms with Gasteiger partial charge in [0.15, 0.2) is 6.29 Å². The molecule has 0 aliphatic rings. The van der Waals surface area contributed by atoms with Crippen LogP contribution in [0.5, 0.6) is 11.5 Å². The van der Waals surface area contributed by atoms with Crippen molar-refractivity contribution < 1.29 is 14.3 Å². The lowest BCUT2D eigenvalue weighted by Gasteiger charge is -2.08. The predicted octanol–water partition coefficient (Wildman–Crippen LogP) is 4.20. The minimum atomic E-state index is 0.547. The lowest BCUT2D eigenvalue weighted by atomic mass is 10.2. The fourth-order valence-electron chi connectivity index (χ4n) is 1.67. The highest BCUT2D eigenvalue weighted by Crippen LogP contribution is 2.27. The summed E-state index contributed by atoms with van der Waals surface area (Å²) < 4.78 is 11.5. The van der Waals surface area contributed by atoms with E-state index < -0.39 is 0 Å². The van der Waals surface area contributed by atoms with Crippen LogP contribution in [0.25, 0.3) is 0 Å². The van der Waals surface area contributed by atoms with Crippen LogP contribution in [-0.2, 0) is 11.3 Å². The Hall–Kier alpha value is -1.65. The number of hydrogen-bond donors (Lipinski definition) is 0. The van der Waals surface area contributed by atoms with Crippen molar-refractivity contribution in [1.82, 2.24) is 0 Å². The first-order valence-corrected chi connectivity index (χ1v) is 6.52. The van der Waals surface area contributed by atoms with Crippen LogP contribution in [0.3, 0.4) is 0 Å². The maximum atomic E-state index is 10.7. The van der Waals surface area contributed by atoms with Crippen molar-refractivity contribution in [2.24, 2.45) is 0 Å². The monoisotopic (exact) mass is 320 g/mol. The van der Waals surface area contributed by atoms with Gasteiger partial charge >= 0.3 is 0 Å². The van der Waals surface area contributed by atoms with Gasteiger partial charge in [0.25, 0.3) is 0 Å². The summed E-state index contributed by atoms with van der Waals surface area (Å²) in [7, 11) is 1.66. The van der Waals surface area contributed by atoms with E-state index in [1.54, 1.807) is 25.3 Å². The van der Waals surface area contributed by atoms with Gasteiger partial charge in [0.2, 0.25) is 0 Å². The molecule has 19 heavy (non-hydrogen) atoms. The smallest absolute Gasteiger partial charge is 0.151 e. The highest BCUT2D eigenvalue weighted by atomic mass is 79.9. The van der Waals surface area contributed by atoms with E-state index in [-0.39, 0.29) is 0 Å². The molecule has 98 valence electrons. The van der Waals surface area contributed by atoms with Crippen LogP contribution in [0.2, 0.25) is 0 Å². The van der Waals surface area contributed by atoms with Crippen molar-refractivity contribution in [1.29, 1.82) is 0 Å². The van der Waals surface area contributed by atoms with Gasteiger partial charge in [-0.15, -0.1) is 0 Å². The van der Waals surface area contributed by atoms with Crippen molar-refractivity contribution in [3.8, 4) is 11.5 Å². The van der Waals surface area contributed by atoms with Crippen LogP contribution in [0.15, 0.2) is 46.9 Å². The third kappa shape index (κ3) is 3.66. The topological polar surface area (TPSA) is 35.5 Å². The molecular weight excluding hydrogens is 308 g/mol. The van der Waals surface area contributed by atoms with Gasteiger partial charge in [-0.05, 0) is 51.8 Å². The molecule has 2 rings (SSSR count). The number of carbonyl (C=O) groups is 1. The third-order valence-corrected chi connectivity index (χ3v) is 3.23. The first-order chi connectivity index (χ1) is 9.22. The number of halogens is 1. The van der Waals surface area contributed by atoms with Crippen LogP contribution in [-0.4, -0.2) is 13.4 Å². The number of benzene rings is 2. The summed E-state index contributed by atoms with van der Waals surface area (Å²) in [5.74, 6) is 1.41. The summed E-state index contributed by atoms with van der Waals surface area (Å²) in [5.41, 5.74) is 1.64. The first kappa shape index (κ1) is 13.8. The SMILES string of the molecule is COCc1cccc(Oc2ccc(C=O)c(Br)c2)c1. The van der Waals surface area contributed by atoms with Crippen LogP contribution >= 0.6 is 15.9 Å². The second-order valence-corrected chi connectivity index (χ2v) is 4.84. The number of aldehydes is 1. The molecule has 0 amide bonds. The minimum Gasteiger partial charge on any atom is -0.457 e. The first-order valence-electron chi connectivity index (χ1n) is 5.73. The van der Waals surface area contributed by atoms with E-state index in [0.717, 1.165) is 17.6 Å². The van der Waals surface area contributed by atoms with Crippen molar-refractivity contribution in [2.45, 2.75) is 6.61 Å². The van der Waals surface area contributed by atoms with Crippen LogP contribution in [0.1, 0.15) is 15.9 Å². The van der Waals surface area contributed by atoms with Crippen LogP contribution < -0.4 is 4.74 Å². The van der Waals surface area contributed by atoms with E-state index in [1.807, 2.05) is 24.3 Å². The number of ether oxygens (including phenoxy) is 2. The molecule has 4 heteroatoms. The summed E-state index contributed by atoms with van der Waals surface area (Å²) >= 11 is 3.33. The van der Waals surface area contributed by atoms with Gasteiger partial charge in [0, 0.05) is 17.1 Å². The Morgan fingerprint density at radius 1 is 1.16 bits per heavy atom. The molecule has 0 bridgehead atoms. The van der Waals surface area contributed by atoms with Gasteiger partial charge in [0.05, 0.1) is 6.61 Å². The zero-order valence-electron chi connectivity index (χ0n) is 10.4. The number of rotatable bonds is 5. The van der Waals surface area contributed by atoms with E-state index in [2.05, 4.69) is 15.9 Å². The maximum Gasteiger partial charge on any atom is 0.151 e. The van der Waals surface area contributed by atoms with Gasteiger partial charge in [-0.2, -0.15) is 0 Å². The van der Waals surface area contributed by atoms with Crippen molar-refractivity contribution in [3.05, 3.63) is 58.1 Å². The molecule has 0 atom stereocenters. The number of carbonyl (C=O) groups excluding carboxylic acids is 1. The normalized spacial score (nSPS) is 10.2. The molecular formula is C15H13BrO3. The lowest BCUT2D eigenvalue weighted by Crippen LogP contribution is -1.90. The molecule has 3 nitrogen and oxygen atoms in total. The Bertz CT molecular complexity index is 581. The Morgan fingerprint density at radius 2 is 1.95 bits per heavy atom. The molecule has 0 N–H and O–H groups in total. The average Bonchev–Trinajstić information content (AvgIpc) is 2.40. The van der Waals surface area contributed by atoms with E-state index in [1.165, 1.54) is 0 Å². The summed E-state index contributed by atoms with van der Waals surface area (Å²) in [4.78, 5) is 10.7. The Kier molecular flexibility index (Phi) is 4.71. The van der Waals surface area contributed by atoms with Crippen molar-refractivity contribution >= 4 is 22.2 Å². The third-order valence-electron chi connectivity index (χ3n) is 2.54. The molecule has 0 fully saturated rings. The second-order valence-electron chi connectivity index (χ2n) is 3.98. The van der Waals surface area contributed by atoms with Crippen molar-refractivity contribution in [2.75, 3.05) is 7.11 Å². The molecule has 0 heterocycles. The average molecular weight is 321 g/mol. The summed E-state index contributed by atoms with van der Waals surface area (Å²) in [6.45, 7) is 0.547. The predicted molar refractivity (Wildman–Crippen MR) is 76.8 cm³/mol. The molecule has 2 aromatic carbocycles. The van der Waals surface area contributed by atoms with E-state index >= 15 is 0 Å². The van der Waals surface area contributed by atoms with Gasteiger partial charge < -0.3 is 9.47 Å². The largest absolute Gasteiger partial charge is 0.457 e. The van der Waals surface area contributed by atoms with E-state index in [4.69, 9.17) is 9.47 Å². The zero-order valence-corrected chi connectivity index (χ0v) is 12.0. The van der Waals surface area contributed by atoms with Gasteiger partial charge in [-0.25, -0.2) is 0 Å². The molecule has 0 spiro atoms. The highest BCUT2D eigenvalue weighted by Gasteiger charge is 2.03. The molecule has 0 saturated heterocycles. The molecule has 0 aliphatic carbocycles. The summed E-state index contributed by atoms with van der Waals surface area (Å²) in [5, 5.41) is 0. The quantitative estimate of drug-likeness (QED) is 0.774. The molecule has 0 unspecified atom stereocenters.